The maximum atomic E-state index is 5.86. The van der Waals surface area contributed by atoms with Crippen LogP contribution in [0.15, 0.2) is 12.1 Å². The molecule has 1 aromatic rings. The van der Waals surface area contributed by atoms with Crippen molar-refractivity contribution in [2.24, 2.45) is 5.73 Å². The molecule has 0 aliphatic heterocycles. The Labute approximate surface area is 86.8 Å². The predicted octanol–water partition coefficient (Wildman–Crippen LogP) is 1.89. The van der Waals surface area contributed by atoms with Gasteiger partial charge in [-0.3, -0.25) is 0 Å². The smallest absolute Gasteiger partial charge is 0.0620 e. The SMILES string of the molecule is NCC#Cc1c(Cl)cc(N)cc1Cl. The molecule has 4 heteroatoms. The van der Waals surface area contributed by atoms with Gasteiger partial charge in [0.2, 0.25) is 0 Å². The van der Waals surface area contributed by atoms with E-state index in [9.17, 15) is 0 Å². The van der Waals surface area contributed by atoms with Gasteiger partial charge in [0.15, 0.2) is 0 Å². The van der Waals surface area contributed by atoms with Crippen LogP contribution in [0.2, 0.25) is 10.0 Å². The van der Waals surface area contributed by atoms with Crippen LogP contribution in [0, 0.1) is 11.8 Å². The number of nitrogens with two attached hydrogens (primary N) is 2. The molecule has 4 N–H and O–H groups in total. The zero-order chi connectivity index (χ0) is 9.84. The molecule has 0 aliphatic rings. The number of anilines is 1. The quantitative estimate of drug-likeness (QED) is 0.512. The molecule has 0 unspecified atom stereocenters. The van der Waals surface area contributed by atoms with Gasteiger partial charge in [-0.2, -0.15) is 0 Å². The van der Waals surface area contributed by atoms with E-state index >= 15 is 0 Å². The van der Waals surface area contributed by atoms with Crippen LogP contribution in [0.1, 0.15) is 5.56 Å². The average Bonchev–Trinajstić information content (AvgIpc) is 2.02. The zero-order valence-electron chi connectivity index (χ0n) is 6.77. The van der Waals surface area contributed by atoms with Crippen molar-refractivity contribution in [2.45, 2.75) is 0 Å². The monoisotopic (exact) mass is 214 g/mol. The summed E-state index contributed by atoms with van der Waals surface area (Å²) < 4.78 is 0. The fraction of sp³-hybridized carbons (Fsp3) is 0.111. The number of nitrogen functional groups attached to an aromatic ring is 1. The number of rotatable bonds is 0. The third-order valence-electron chi connectivity index (χ3n) is 1.38. The largest absolute Gasteiger partial charge is 0.399 e. The molecule has 0 saturated heterocycles. The second-order valence-electron chi connectivity index (χ2n) is 2.37. The lowest BCUT2D eigenvalue weighted by atomic mass is 10.2. The van der Waals surface area contributed by atoms with Gasteiger partial charge in [0.1, 0.15) is 0 Å². The van der Waals surface area contributed by atoms with Crippen molar-refractivity contribution in [1.82, 2.24) is 0 Å². The highest BCUT2D eigenvalue weighted by Gasteiger charge is 2.03. The standard InChI is InChI=1S/C9H8Cl2N2/c10-8-4-6(13)5-9(11)7(8)2-1-3-12/h4-5H,3,12-13H2. The van der Waals surface area contributed by atoms with E-state index in [4.69, 9.17) is 34.7 Å². The summed E-state index contributed by atoms with van der Waals surface area (Å²) in [5.41, 5.74) is 11.8. The molecule has 0 bridgehead atoms. The van der Waals surface area contributed by atoms with E-state index in [0.717, 1.165) is 0 Å². The van der Waals surface area contributed by atoms with Crippen LogP contribution in [0.25, 0.3) is 0 Å². The van der Waals surface area contributed by atoms with Crippen molar-refractivity contribution >= 4 is 28.9 Å². The van der Waals surface area contributed by atoms with E-state index in [1.54, 1.807) is 12.1 Å². The van der Waals surface area contributed by atoms with E-state index in [0.29, 0.717) is 21.3 Å². The summed E-state index contributed by atoms with van der Waals surface area (Å²) in [6, 6.07) is 3.21. The topological polar surface area (TPSA) is 52.0 Å². The molecular formula is C9H8Cl2N2. The van der Waals surface area contributed by atoms with Crippen molar-refractivity contribution in [3.63, 3.8) is 0 Å². The third kappa shape index (κ3) is 2.53. The normalized spacial score (nSPS) is 9.15. The molecule has 0 radical (unpaired) electrons. The summed E-state index contributed by atoms with van der Waals surface area (Å²) in [5.74, 6) is 5.45. The lowest BCUT2D eigenvalue weighted by molar-refractivity contribution is 1.30. The molecule has 0 heterocycles. The molecule has 13 heavy (non-hydrogen) atoms. The summed E-state index contributed by atoms with van der Waals surface area (Å²) >= 11 is 11.7. The summed E-state index contributed by atoms with van der Waals surface area (Å²) in [5, 5.41) is 0.900. The molecule has 0 aliphatic carbocycles. The van der Waals surface area contributed by atoms with Gasteiger partial charge in [0, 0.05) is 5.69 Å². The van der Waals surface area contributed by atoms with Crippen LogP contribution in [0.5, 0.6) is 0 Å². The Morgan fingerprint density at radius 2 is 1.77 bits per heavy atom. The van der Waals surface area contributed by atoms with Crippen LogP contribution in [-0.2, 0) is 0 Å². The summed E-state index contributed by atoms with van der Waals surface area (Å²) in [6.45, 7) is 0.275. The molecule has 0 aromatic heterocycles. The van der Waals surface area contributed by atoms with E-state index in [1.807, 2.05) is 0 Å². The molecule has 0 amide bonds. The van der Waals surface area contributed by atoms with Gasteiger partial charge in [-0.05, 0) is 12.1 Å². The first-order valence-electron chi connectivity index (χ1n) is 3.58. The Hall–Kier alpha value is -0.880. The highest BCUT2D eigenvalue weighted by atomic mass is 35.5. The molecule has 0 spiro atoms. The van der Waals surface area contributed by atoms with Crippen LogP contribution in [0.4, 0.5) is 5.69 Å². The molecule has 0 atom stereocenters. The Morgan fingerprint density at radius 3 is 2.23 bits per heavy atom. The lowest BCUT2D eigenvalue weighted by Crippen LogP contribution is -1.94. The van der Waals surface area contributed by atoms with Crippen molar-refractivity contribution in [3.8, 4) is 11.8 Å². The third-order valence-corrected chi connectivity index (χ3v) is 1.98. The van der Waals surface area contributed by atoms with Crippen molar-refractivity contribution in [1.29, 1.82) is 0 Å². The minimum atomic E-state index is 0.275. The first-order chi connectivity index (χ1) is 6.15. The maximum absolute atomic E-state index is 5.86. The summed E-state index contributed by atoms with van der Waals surface area (Å²) in [6.07, 6.45) is 0. The summed E-state index contributed by atoms with van der Waals surface area (Å²) in [7, 11) is 0. The van der Waals surface area contributed by atoms with Crippen LogP contribution < -0.4 is 11.5 Å². The predicted molar refractivity (Wildman–Crippen MR) is 56.8 cm³/mol. The average molecular weight is 215 g/mol. The molecule has 68 valence electrons. The Balaban J connectivity index is 3.21. The van der Waals surface area contributed by atoms with Gasteiger partial charge in [0.25, 0.3) is 0 Å². The number of benzene rings is 1. The number of hydrogen-bond acceptors (Lipinski definition) is 2. The Morgan fingerprint density at radius 1 is 1.23 bits per heavy atom. The number of halogens is 2. The van der Waals surface area contributed by atoms with Gasteiger partial charge in [-0.25, -0.2) is 0 Å². The van der Waals surface area contributed by atoms with Crippen LogP contribution in [-0.4, -0.2) is 6.54 Å². The molecule has 1 rings (SSSR count). The Kier molecular flexibility index (Phi) is 3.44. The molecule has 1 aromatic carbocycles. The van der Waals surface area contributed by atoms with Crippen molar-refractivity contribution in [3.05, 3.63) is 27.7 Å². The van der Waals surface area contributed by atoms with Crippen molar-refractivity contribution in [2.75, 3.05) is 12.3 Å². The highest BCUT2D eigenvalue weighted by Crippen LogP contribution is 2.26. The van der Waals surface area contributed by atoms with E-state index in [1.165, 1.54) is 0 Å². The van der Waals surface area contributed by atoms with E-state index < -0.39 is 0 Å². The Bertz CT molecular complexity index is 354. The second kappa shape index (κ2) is 4.38. The minimum absolute atomic E-state index is 0.275. The second-order valence-corrected chi connectivity index (χ2v) is 3.18. The molecule has 2 nitrogen and oxygen atoms in total. The molecule has 0 saturated carbocycles. The van der Waals surface area contributed by atoms with Gasteiger partial charge in [0.05, 0.1) is 22.2 Å². The van der Waals surface area contributed by atoms with E-state index in [2.05, 4.69) is 11.8 Å². The van der Waals surface area contributed by atoms with Gasteiger partial charge < -0.3 is 11.5 Å². The molecular weight excluding hydrogens is 207 g/mol. The van der Waals surface area contributed by atoms with Crippen LogP contribution in [0.3, 0.4) is 0 Å². The first kappa shape index (κ1) is 10.2. The fourth-order valence-electron chi connectivity index (χ4n) is 0.852. The van der Waals surface area contributed by atoms with Crippen molar-refractivity contribution < 1.29 is 0 Å². The maximum Gasteiger partial charge on any atom is 0.0620 e. The first-order valence-corrected chi connectivity index (χ1v) is 4.34. The zero-order valence-corrected chi connectivity index (χ0v) is 8.28. The van der Waals surface area contributed by atoms with Crippen LogP contribution >= 0.6 is 23.2 Å². The fourth-order valence-corrected chi connectivity index (χ4v) is 1.45. The number of hydrogen-bond donors (Lipinski definition) is 2. The summed E-state index contributed by atoms with van der Waals surface area (Å²) in [4.78, 5) is 0. The highest BCUT2D eigenvalue weighted by molar-refractivity contribution is 6.37. The minimum Gasteiger partial charge on any atom is -0.399 e. The van der Waals surface area contributed by atoms with Gasteiger partial charge in [-0.15, -0.1) is 0 Å². The van der Waals surface area contributed by atoms with Gasteiger partial charge >= 0.3 is 0 Å². The lowest BCUT2D eigenvalue weighted by Gasteiger charge is -2.00. The van der Waals surface area contributed by atoms with E-state index in [-0.39, 0.29) is 6.54 Å². The molecule has 0 fully saturated rings. The van der Waals surface area contributed by atoms with Gasteiger partial charge in [-0.1, -0.05) is 35.0 Å².